The third kappa shape index (κ3) is 11.2. The van der Waals surface area contributed by atoms with Gasteiger partial charge in [0.05, 0.1) is 13.2 Å². The lowest BCUT2D eigenvalue weighted by Gasteiger charge is -2.23. The SMILES string of the molecule is C=CCCCCCCCCCCCCCCO[C@@H]1[C@H]([C@@H](O)CO)OC[C@H]1O. The first-order valence-electron chi connectivity index (χ1n) is 11.0. The highest BCUT2D eigenvalue weighted by molar-refractivity contribution is 4.89. The summed E-state index contributed by atoms with van der Waals surface area (Å²) in [5.74, 6) is 0. The van der Waals surface area contributed by atoms with Crippen LogP contribution in [0, 0.1) is 0 Å². The quantitative estimate of drug-likeness (QED) is 0.247. The maximum absolute atomic E-state index is 9.87. The molecule has 0 aromatic rings. The molecule has 5 heteroatoms. The van der Waals surface area contributed by atoms with Crippen LogP contribution in [0.5, 0.6) is 0 Å². The second-order valence-electron chi connectivity index (χ2n) is 7.77. The van der Waals surface area contributed by atoms with E-state index in [0.717, 1.165) is 19.3 Å². The molecule has 3 N–H and O–H groups in total. The lowest BCUT2D eigenvalue weighted by atomic mass is 10.0. The fourth-order valence-electron chi connectivity index (χ4n) is 3.64. The van der Waals surface area contributed by atoms with Crippen molar-refractivity contribution in [1.82, 2.24) is 0 Å². The molecule has 0 amide bonds. The normalized spacial score (nSPS) is 23.6. The number of aliphatic hydroxyl groups is 3. The van der Waals surface area contributed by atoms with Crippen LogP contribution < -0.4 is 0 Å². The summed E-state index contributed by atoms with van der Waals surface area (Å²) in [7, 11) is 0. The Hall–Kier alpha value is -0.460. The summed E-state index contributed by atoms with van der Waals surface area (Å²) in [4.78, 5) is 0. The van der Waals surface area contributed by atoms with Crippen molar-refractivity contribution in [3.05, 3.63) is 12.7 Å². The van der Waals surface area contributed by atoms with E-state index in [2.05, 4.69) is 6.58 Å². The molecular formula is C22H42O5. The van der Waals surface area contributed by atoms with Crippen LogP contribution in [0.4, 0.5) is 0 Å². The number of unbranched alkanes of at least 4 members (excludes halogenated alkanes) is 12. The molecule has 1 fully saturated rings. The third-order valence-corrected chi connectivity index (χ3v) is 5.34. The highest BCUT2D eigenvalue weighted by Gasteiger charge is 2.40. The summed E-state index contributed by atoms with van der Waals surface area (Å²) in [5, 5.41) is 28.6. The average molecular weight is 387 g/mol. The molecule has 0 aliphatic carbocycles. The molecule has 0 aromatic carbocycles. The summed E-state index contributed by atoms with van der Waals surface area (Å²) in [5.41, 5.74) is 0. The zero-order valence-corrected chi connectivity index (χ0v) is 17.1. The lowest BCUT2D eigenvalue weighted by Crippen LogP contribution is -2.42. The minimum absolute atomic E-state index is 0.154. The van der Waals surface area contributed by atoms with Gasteiger partial charge in [-0.3, -0.25) is 0 Å². The molecule has 0 radical (unpaired) electrons. The molecule has 160 valence electrons. The first-order valence-corrected chi connectivity index (χ1v) is 11.0. The van der Waals surface area contributed by atoms with Gasteiger partial charge >= 0.3 is 0 Å². The van der Waals surface area contributed by atoms with E-state index in [4.69, 9.17) is 14.6 Å². The zero-order valence-electron chi connectivity index (χ0n) is 17.1. The van der Waals surface area contributed by atoms with Crippen LogP contribution in [0.2, 0.25) is 0 Å². The predicted octanol–water partition coefficient (Wildman–Crippen LogP) is 3.74. The Morgan fingerprint density at radius 3 is 1.96 bits per heavy atom. The maximum Gasteiger partial charge on any atom is 0.114 e. The van der Waals surface area contributed by atoms with Crippen LogP contribution in [0.3, 0.4) is 0 Å². The van der Waals surface area contributed by atoms with Crippen molar-refractivity contribution in [2.75, 3.05) is 19.8 Å². The Morgan fingerprint density at radius 2 is 1.44 bits per heavy atom. The van der Waals surface area contributed by atoms with E-state index >= 15 is 0 Å². The first-order chi connectivity index (χ1) is 13.2. The molecule has 5 nitrogen and oxygen atoms in total. The Bertz CT molecular complexity index is 350. The van der Waals surface area contributed by atoms with Crippen molar-refractivity contribution >= 4 is 0 Å². The largest absolute Gasteiger partial charge is 0.394 e. The van der Waals surface area contributed by atoms with E-state index in [1.165, 1.54) is 64.2 Å². The number of ether oxygens (including phenoxy) is 2. The Morgan fingerprint density at radius 1 is 0.926 bits per heavy atom. The highest BCUT2D eigenvalue weighted by atomic mass is 16.6. The molecule has 1 rings (SSSR count). The monoisotopic (exact) mass is 386 g/mol. The van der Waals surface area contributed by atoms with Crippen LogP contribution in [0.25, 0.3) is 0 Å². The van der Waals surface area contributed by atoms with Gasteiger partial charge in [-0.25, -0.2) is 0 Å². The molecule has 1 heterocycles. The van der Waals surface area contributed by atoms with Crippen LogP contribution in [-0.2, 0) is 9.47 Å². The van der Waals surface area contributed by atoms with Crippen LogP contribution in [0.1, 0.15) is 83.5 Å². The van der Waals surface area contributed by atoms with Gasteiger partial charge < -0.3 is 24.8 Å². The van der Waals surface area contributed by atoms with Gasteiger partial charge in [0.25, 0.3) is 0 Å². The topological polar surface area (TPSA) is 79.2 Å². The Labute approximate surface area is 165 Å². The highest BCUT2D eigenvalue weighted by Crippen LogP contribution is 2.21. The lowest BCUT2D eigenvalue weighted by molar-refractivity contribution is -0.0938. The Balaban J connectivity index is 1.87. The van der Waals surface area contributed by atoms with Gasteiger partial charge in [-0.2, -0.15) is 0 Å². The van der Waals surface area contributed by atoms with E-state index in [9.17, 15) is 10.2 Å². The molecule has 0 spiro atoms. The molecule has 1 aliphatic rings. The van der Waals surface area contributed by atoms with Crippen molar-refractivity contribution in [2.45, 2.75) is 108 Å². The second-order valence-corrected chi connectivity index (χ2v) is 7.77. The summed E-state index contributed by atoms with van der Waals surface area (Å²) >= 11 is 0. The molecule has 1 saturated heterocycles. The first kappa shape index (κ1) is 24.6. The van der Waals surface area contributed by atoms with Gasteiger partial charge in [0.15, 0.2) is 0 Å². The number of hydrogen-bond acceptors (Lipinski definition) is 5. The van der Waals surface area contributed by atoms with Gasteiger partial charge in [-0.05, 0) is 19.3 Å². The summed E-state index contributed by atoms with van der Waals surface area (Å²) in [6.45, 7) is 4.09. The van der Waals surface area contributed by atoms with Gasteiger partial charge in [-0.1, -0.05) is 70.3 Å². The number of hydrogen-bond donors (Lipinski definition) is 3. The molecule has 0 unspecified atom stereocenters. The summed E-state index contributed by atoms with van der Waals surface area (Å²) in [6, 6.07) is 0. The fourth-order valence-corrected chi connectivity index (χ4v) is 3.64. The van der Waals surface area contributed by atoms with Crippen LogP contribution in [-0.4, -0.2) is 59.6 Å². The van der Waals surface area contributed by atoms with Gasteiger partial charge in [-0.15, -0.1) is 6.58 Å². The van der Waals surface area contributed by atoms with Crippen molar-refractivity contribution in [1.29, 1.82) is 0 Å². The van der Waals surface area contributed by atoms with Crippen molar-refractivity contribution < 1.29 is 24.8 Å². The second kappa shape index (κ2) is 16.5. The fraction of sp³-hybridized carbons (Fsp3) is 0.909. The Kier molecular flexibility index (Phi) is 15.0. The van der Waals surface area contributed by atoms with E-state index in [1.807, 2.05) is 6.08 Å². The van der Waals surface area contributed by atoms with Gasteiger partial charge in [0.2, 0.25) is 0 Å². The van der Waals surface area contributed by atoms with E-state index in [1.54, 1.807) is 0 Å². The number of allylic oxidation sites excluding steroid dienone is 1. The molecule has 0 saturated carbocycles. The van der Waals surface area contributed by atoms with Gasteiger partial charge in [0.1, 0.15) is 24.4 Å². The van der Waals surface area contributed by atoms with Crippen molar-refractivity contribution in [3.63, 3.8) is 0 Å². The predicted molar refractivity (Wildman–Crippen MR) is 109 cm³/mol. The number of rotatable bonds is 18. The summed E-state index contributed by atoms with van der Waals surface area (Å²) < 4.78 is 11.0. The standard InChI is InChI=1S/C22H42O5/c1-2-3-4-5-6-7-8-9-10-11-12-13-14-15-16-26-22-20(25)18-27-21(22)19(24)17-23/h2,19-25H,1,3-18H2/t19-,20+,21-,22-/m0/s1. The third-order valence-electron chi connectivity index (χ3n) is 5.34. The van der Waals surface area contributed by atoms with Crippen molar-refractivity contribution in [2.24, 2.45) is 0 Å². The van der Waals surface area contributed by atoms with E-state index < -0.39 is 24.4 Å². The summed E-state index contributed by atoms with van der Waals surface area (Å²) in [6.07, 6.45) is 15.6. The molecule has 27 heavy (non-hydrogen) atoms. The molecule has 0 bridgehead atoms. The molecular weight excluding hydrogens is 344 g/mol. The average Bonchev–Trinajstić information content (AvgIpc) is 3.04. The van der Waals surface area contributed by atoms with E-state index in [-0.39, 0.29) is 13.2 Å². The maximum atomic E-state index is 9.87. The van der Waals surface area contributed by atoms with Crippen molar-refractivity contribution in [3.8, 4) is 0 Å². The smallest absolute Gasteiger partial charge is 0.114 e. The molecule has 4 atom stereocenters. The minimum atomic E-state index is -1.00. The van der Waals surface area contributed by atoms with Gasteiger partial charge in [0, 0.05) is 6.61 Å². The molecule has 1 aliphatic heterocycles. The minimum Gasteiger partial charge on any atom is -0.394 e. The number of aliphatic hydroxyl groups excluding tert-OH is 3. The van der Waals surface area contributed by atoms with Crippen LogP contribution >= 0.6 is 0 Å². The zero-order chi connectivity index (χ0) is 19.7. The van der Waals surface area contributed by atoms with E-state index in [0.29, 0.717) is 6.61 Å². The van der Waals surface area contributed by atoms with Crippen LogP contribution in [0.15, 0.2) is 12.7 Å². The molecule has 0 aromatic heterocycles.